The quantitative estimate of drug-likeness (QED) is 0.397. The maximum absolute atomic E-state index is 14.1. The Kier molecular flexibility index (Phi) is 6.55. The van der Waals surface area contributed by atoms with E-state index in [-0.39, 0.29) is 17.8 Å². The van der Waals surface area contributed by atoms with Crippen LogP contribution in [0.2, 0.25) is 0 Å². The second-order valence-electron chi connectivity index (χ2n) is 7.09. The summed E-state index contributed by atoms with van der Waals surface area (Å²) in [5, 5.41) is 14.0. The van der Waals surface area contributed by atoms with Crippen LogP contribution < -0.4 is 10.2 Å². The summed E-state index contributed by atoms with van der Waals surface area (Å²) in [6.07, 6.45) is -0.428. The zero-order valence-electron chi connectivity index (χ0n) is 17.2. The highest BCUT2D eigenvalue weighted by molar-refractivity contribution is 7.99. The minimum absolute atomic E-state index is 0.0664. The fraction of sp³-hybridized carbons (Fsp3) is 0.130. The maximum atomic E-state index is 14.1. The van der Waals surface area contributed by atoms with Crippen molar-refractivity contribution in [3.05, 3.63) is 93.8 Å². The van der Waals surface area contributed by atoms with E-state index in [0.717, 1.165) is 17.3 Å². The number of anilines is 1. The number of nitrogens with one attached hydrogen (secondary N) is 1. The summed E-state index contributed by atoms with van der Waals surface area (Å²) >= 11 is 1.01. The Hall–Kier alpha value is -3.92. The molecule has 0 saturated carbocycles. The normalized spacial score (nSPS) is 13.0. The Labute approximate surface area is 192 Å². The van der Waals surface area contributed by atoms with Gasteiger partial charge in [-0.1, -0.05) is 36.0 Å². The molecule has 0 aliphatic carbocycles. The standard InChI is InChI=1S/C23H18FN3O5S/c24-19-6-1-2-7-21(19)33-20-9-8-17(27(30)31)13-18(20)22(28)25-14-15-4-3-5-16(12-15)26-10-11-32-23(26)29/h1-9,12-13H,10-11,14H2,(H,25,28). The highest BCUT2D eigenvalue weighted by Gasteiger charge is 2.24. The summed E-state index contributed by atoms with van der Waals surface area (Å²) < 4.78 is 19.1. The van der Waals surface area contributed by atoms with E-state index in [4.69, 9.17) is 4.74 Å². The van der Waals surface area contributed by atoms with Gasteiger partial charge in [0.05, 0.1) is 17.0 Å². The minimum atomic E-state index is -0.590. The second-order valence-corrected chi connectivity index (χ2v) is 8.17. The summed E-state index contributed by atoms with van der Waals surface area (Å²) in [5.41, 5.74) is 1.20. The van der Waals surface area contributed by atoms with E-state index >= 15 is 0 Å². The van der Waals surface area contributed by atoms with Crippen LogP contribution in [0.1, 0.15) is 15.9 Å². The molecule has 1 fully saturated rings. The van der Waals surface area contributed by atoms with E-state index in [1.165, 1.54) is 29.2 Å². The molecule has 33 heavy (non-hydrogen) atoms. The molecule has 1 N–H and O–H groups in total. The molecule has 2 amide bonds. The SMILES string of the molecule is O=C(NCc1cccc(N2CCOC2=O)c1)c1cc([N+](=O)[O-])ccc1Sc1ccccc1F. The molecule has 8 nitrogen and oxygen atoms in total. The number of nitrogens with zero attached hydrogens (tertiary/aromatic N) is 2. The Morgan fingerprint density at radius 1 is 1.12 bits per heavy atom. The zero-order chi connectivity index (χ0) is 23.4. The van der Waals surface area contributed by atoms with Crippen LogP contribution in [0.25, 0.3) is 0 Å². The molecule has 3 aromatic rings. The van der Waals surface area contributed by atoms with Crippen molar-refractivity contribution in [2.45, 2.75) is 16.3 Å². The molecule has 0 atom stereocenters. The molecular formula is C23H18FN3O5S. The molecule has 1 saturated heterocycles. The molecule has 0 bridgehead atoms. The Morgan fingerprint density at radius 2 is 1.94 bits per heavy atom. The summed E-state index contributed by atoms with van der Waals surface area (Å²) in [6, 6.07) is 17.0. The van der Waals surface area contributed by atoms with Gasteiger partial charge < -0.3 is 10.1 Å². The lowest BCUT2D eigenvalue weighted by Crippen LogP contribution is -2.25. The average Bonchev–Trinajstić information content (AvgIpc) is 3.25. The number of carbonyl (C=O) groups is 2. The van der Waals surface area contributed by atoms with Crippen LogP contribution in [0, 0.1) is 15.9 Å². The molecule has 1 aliphatic rings. The molecule has 0 spiro atoms. The predicted octanol–water partition coefficient (Wildman–Crippen LogP) is 4.77. The number of amides is 2. The predicted molar refractivity (Wildman–Crippen MR) is 120 cm³/mol. The number of carbonyl (C=O) groups excluding carboxylic acids is 2. The first kappa shape index (κ1) is 22.3. The Morgan fingerprint density at radius 3 is 2.67 bits per heavy atom. The highest BCUT2D eigenvalue weighted by Crippen LogP contribution is 2.34. The van der Waals surface area contributed by atoms with Gasteiger partial charge in [-0.05, 0) is 35.9 Å². The summed E-state index contributed by atoms with van der Waals surface area (Å²) in [4.78, 5) is 37.6. The van der Waals surface area contributed by atoms with Gasteiger partial charge in [0.2, 0.25) is 0 Å². The largest absolute Gasteiger partial charge is 0.447 e. The zero-order valence-corrected chi connectivity index (χ0v) is 18.0. The van der Waals surface area contributed by atoms with Gasteiger partial charge in [-0.15, -0.1) is 0 Å². The minimum Gasteiger partial charge on any atom is -0.447 e. The molecule has 3 aromatic carbocycles. The van der Waals surface area contributed by atoms with Gasteiger partial charge in [-0.3, -0.25) is 19.8 Å². The summed E-state index contributed by atoms with van der Waals surface area (Å²) in [7, 11) is 0. The van der Waals surface area contributed by atoms with Crippen molar-refractivity contribution in [3.63, 3.8) is 0 Å². The molecular weight excluding hydrogens is 449 g/mol. The number of hydrogen-bond donors (Lipinski definition) is 1. The van der Waals surface area contributed by atoms with Crippen LogP contribution in [0.15, 0.2) is 76.5 Å². The fourth-order valence-electron chi connectivity index (χ4n) is 3.28. The topological polar surface area (TPSA) is 102 Å². The summed E-state index contributed by atoms with van der Waals surface area (Å²) in [5.74, 6) is -0.993. The number of hydrogen-bond acceptors (Lipinski definition) is 6. The summed E-state index contributed by atoms with van der Waals surface area (Å²) in [6.45, 7) is 0.885. The first-order chi connectivity index (χ1) is 15.9. The van der Waals surface area contributed by atoms with E-state index in [1.54, 1.807) is 42.5 Å². The molecule has 168 valence electrons. The Bertz CT molecular complexity index is 1240. The van der Waals surface area contributed by atoms with Gasteiger partial charge in [0, 0.05) is 34.2 Å². The van der Waals surface area contributed by atoms with Crippen LogP contribution in [0.5, 0.6) is 0 Å². The van der Waals surface area contributed by atoms with Crippen molar-refractivity contribution in [2.75, 3.05) is 18.1 Å². The van der Waals surface area contributed by atoms with Crippen LogP contribution in [-0.2, 0) is 11.3 Å². The fourth-order valence-corrected chi connectivity index (χ4v) is 4.23. The molecule has 1 heterocycles. The van der Waals surface area contributed by atoms with Crippen molar-refractivity contribution in [2.24, 2.45) is 0 Å². The van der Waals surface area contributed by atoms with Gasteiger partial charge in [-0.2, -0.15) is 0 Å². The molecule has 0 aromatic heterocycles. The van der Waals surface area contributed by atoms with Crippen LogP contribution in [0.3, 0.4) is 0 Å². The van der Waals surface area contributed by atoms with Gasteiger partial charge in [0.25, 0.3) is 11.6 Å². The van der Waals surface area contributed by atoms with Crippen LogP contribution in [-0.4, -0.2) is 30.1 Å². The number of halogens is 1. The lowest BCUT2D eigenvalue weighted by molar-refractivity contribution is -0.384. The lowest BCUT2D eigenvalue weighted by Gasteiger charge is -2.14. The number of cyclic esters (lactones) is 1. The van der Waals surface area contributed by atoms with Gasteiger partial charge in [0.1, 0.15) is 12.4 Å². The van der Waals surface area contributed by atoms with Crippen LogP contribution >= 0.6 is 11.8 Å². The number of nitro benzene ring substituents is 1. The van der Waals surface area contributed by atoms with E-state index in [9.17, 15) is 24.1 Å². The first-order valence-corrected chi connectivity index (χ1v) is 10.8. The smallest absolute Gasteiger partial charge is 0.414 e. The number of nitro groups is 1. The Balaban J connectivity index is 1.55. The van der Waals surface area contributed by atoms with E-state index in [2.05, 4.69) is 5.32 Å². The third-order valence-corrected chi connectivity index (χ3v) is 6.04. The van der Waals surface area contributed by atoms with Crippen molar-refractivity contribution in [1.82, 2.24) is 5.32 Å². The third-order valence-electron chi connectivity index (χ3n) is 4.91. The van der Waals surface area contributed by atoms with Crippen molar-refractivity contribution in [1.29, 1.82) is 0 Å². The van der Waals surface area contributed by atoms with Gasteiger partial charge in [-0.25, -0.2) is 9.18 Å². The lowest BCUT2D eigenvalue weighted by atomic mass is 10.1. The number of non-ortho nitro benzene ring substituents is 1. The van der Waals surface area contributed by atoms with Crippen molar-refractivity contribution < 1.29 is 23.6 Å². The number of ether oxygens (including phenoxy) is 1. The third kappa shape index (κ3) is 5.12. The molecule has 10 heteroatoms. The monoisotopic (exact) mass is 467 g/mol. The molecule has 1 aliphatic heterocycles. The average molecular weight is 467 g/mol. The second kappa shape index (κ2) is 9.70. The highest BCUT2D eigenvalue weighted by atomic mass is 32.2. The number of benzene rings is 3. The van der Waals surface area contributed by atoms with Gasteiger partial charge in [0.15, 0.2) is 0 Å². The molecule has 0 radical (unpaired) electrons. The molecule has 4 rings (SSSR count). The van der Waals surface area contributed by atoms with E-state index < -0.39 is 22.7 Å². The van der Waals surface area contributed by atoms with E-state index in [1.807, 2.05) is 0 Å². The molecule has 0 unspecified atom stereocenters. The number of rotatable bonds is 7. The van der Waals surface area contributed by atoms with Gasteiger partial charge >= 0.3 is 6.09 Å². The maximum Gasteiger partial charge on any atom is 0.414 e. The van der Waals surface area contributed by atoms with Crippen LogP contribution in [0.4, 0.5) is 20.6 Å². The van der Waals surface area contributed by atoms with Crippen molar-refractivity contribution in [3.8, 4) is 0 Å². The van der Waals surface area contributed by atoms with Crippen molar-refractivity contribution >= 4 is 35.1 Å². The first-order valence-electron chi connectivity index (χ1n) is 9.94. The van der Waals surface area contributed by atoms with E-state index in [0.29, 0.717) is 28.6 Å².